The molecule has 1 aromatic heterocycles. The van der Waals surface area contributed by atoms with Gasteiger partial charge in [0.15, 0.2) is 0 Å². The van der Waals surface area contributed by atoms with Crippen LogP contribution in [0.4, 0.5) is 13.2 Å². The van der Waals surface area contributed by atoms with Gasteiger partial charge >= 0.3 is 12.1 Å². The number of aryl methyl sites for hydroxylation is 1. The zero-order chi connectivity index (χ0) is 20.6. The molecule has 2 heterocycles. The number of hydrogen-bond donors (Lipinski definition) is 2. The molecule has 9 heteroatoms. The first-order chi connectivity index (χ1) is 13.3. The van der Waals surface area contributed by atoms with E-state index in [1.165, 1.54) is 56.6 Å². The lowest BCUT2D eigenvalue weighted by atomic mass is 9.91. The number of carboxylic acid groups (broad SMARTS) is 1. The summed E-state index contributed by atoms with van der Waals surface area (Å²) in [6, 6.07) is 4.83. The third kappa shape index (κ3) is 7.69. The largest absolute Gasteiger partial charge is 0.490 e. The third-order valence-corrected chi connectivity index (χ3v) is 6.23. The van der Waals surface area contributed by atoms with Crippen molar-refractivity contribution in [3.63, 3.8) is 0 Å². The van der Waals surface area contributed by atoms with Gasteiger partial charge in [-0.1, -0.05) is 18.9 Å². The number of thiophene rings is 1. The van der Waals surface area contributed by atoms with Crippen LogP contribution >= 0.6 is 11.3 Å². The molecule has 1 saturated heterocycles. The number of halogens is 3. The Balaban J connectivity index is 0.000000345. The van der Waals surface area contributed by atoms with Crippen LogP contribution in [0.15, 0.2) is 17.5 Å². The summed E-state index contributed by atoms with van der Waals surface area (Å²) in [6.45, 7) is 5.85. The number of carboxylic acids is 1. The van der Waals surface area contributed by atoms with Gasteiger partial charge in [-0.05, 0) is 43.7 Å². The van der Waals surface area contributed by atoms with Gasteiger partial charge < -0.3 is 15.1 Å². The maximum absolute atomic E-state index is 10.6. The van der Waals surface area contributed by atoms with E-state index in [0.29, 0.717) is 6.04 Å². The average Bonchev–Trinajstić information content (AvgIpc) is 3.16. The number of carbonyl (C=O) groups is 1. The number of alkyl halides is 3. The highest BCUT2D eigenvalue weighted by atomic mass is 32.1. The van der Waals surface area contributed by atoms with Gasteiger partial charge in [-0.3, -0.25) is 4.90 Å². The van der Waals surface area contributed by atoms with Gasteiger partial charge in [0.2, 0.25) is 0 Å². The Labute approximate surface area is 167 Å². The summed E-state index contributed by atoms with van der Waals surface area (Å²) in [5.74, 6) is -2.76. The fourth-order valence-electron chi connectivity index (χ4n) is 3.77. The highest BCUT2D eigenvalue weighted by Crippen LogP contribution is 2.24. The van der Waals surface area contributed by atoms with E-state index in [0.717, 1.165) is 19.5 Å². The number of nitrogens with zero attached hydrogens (tertiary/aromatic N) is 2. The number of aliphatic hydroxyl groups is 1. The van der Waals surface area contributed by atoms with Crippen LogP contribution in [0.5, 0.6) is 0 Å². The van der Waals surface area contributed by atoms with E-state index >= 15 is 0 Å². The van der Waals surface area contributed by atoms with Crippen LogP contribution in [0, 0.1) is 0 Å². The van der Waals surface area contributed by atoms with E-state index in [-0.39, 0.29) is 6.10 Å². The summed E-state index contributed by atoms with van der Waals surface area (Å²) in [4.78, 5) is 15.5. The van der Waals surface area contributed by atoms with Gasteiger partial charge in [0.25, 0.3) is 0 Å². The van der Waals surface area contributed by atoms with Crippen LogP contribution in [-0.2, 0) is 11.2 Å². The van der Waals surface area contributed by atoms with Crippen LogP contribution in [0.2, 0.25) is 0 Å². The molecule has 2 atom stereocenters. The molecule has 1 saturated carbocycles. The molecular formula is C19H29F3N2O3S. The molecule has 0 radical (unpaired) electrons. The van der Waals surface area contributed by atoms with Crippen molar-refractivity contribution in [2.24, 2.45) is 0 Å². The Hall–Kier alpha value is -1.16. The lowest BCUT2D eigenvalue weighted by molar-refractivity contribution is -0.192. The molecule has 160 valence electrons. The highest BCUT2D eigenvalue weighted by molar-refractivity contribution is 7.09. The summed E-state index contributed by atoms with van der Waals surface area (Å²) in [7, 11) is 0. The van der Waals surface area contributed by atoms with Gasteiger partial charge in [0.05, 0.1) is 6.10 Å². The fourth-order valence-corrected chi connectivity index (χ4v) is 4.52. The fraction of sp³-hybridized carbons (Fsp3) is 0.737. The van der Waals surface area contributed by atoms with Crippen LogP contribution in [-0.4, -0.2) is 77.0 Å². The Bertz CT molecular complexity index is 575. The van der Waals surface area contributed by atoms with Gasteiger partial charge in [-0.25, -0.2) is 4.79 Å². The quantitative estimate of drug-likeness (QED) is 0.763. The summed E-state index contributed by atoms with van der Waals surface area (Å²) in [5, 5.41) is 19.5. The van der Waals surface area contributed by atoms with Gasteiger partial charge in [-0.2, -0.15) is 13.2 Å². The zero-order valence-electron chi connectivity index (χ0n) is 15.9. The molecule has 0 aromatic carbocycles. The van der Waals surface area contributed by atoms with Crippen molar-refractivity contribution < 1.29 is 28.2 Å². The van der Waals surface area contributed by atoms with Crippen LogP contribution < -0.4 is 0 Å². The molecule has 0 bridgehead atoms. The summed E-state index contributed by atoms with van der Waals surface area (Å²) < 4.78 is 31.7. The minimum atomic E-state index is -5.08. The van der Waals surface area contributed by atoms with Gasteiger partial charge in [0.1, 0.15) is 0 Å². The third-order valence-electron chi connectivity index (χ3n) is 5.29. The minimum Gasteiger partial charge on any atom is -0.475 e. The molecule has 1 aliphatic heterocycles. The van der Waals surface area contributed by atoms with Crippen LogP contribution in [0.25, 0.3) is 0 Å². The predicted molar refractivity (Wildman–Crippen MR) is 103 cm³/mol. The molecule has 2 aliphatic rings. The average molecular weight is 423 g/mol. The molecule has 3 rings (SSSR count). The van der Waals surface area contributed by atoms with E-state index in [1.807, 2.05) is 11.3 Å². The first kappa shape index (κ1) is 23.1. The summed E-state index contributed by atoms with van der Waals surface area (Å²) in [5.41, 5.74) is 0. The second-order valence-electron chi connectivity index (χ2n) is 7.28. The normalized spacial score (nSPS) is 24.4. The first-order valence-electron chi connectivity index (χ1n) is 9.74. The monoisotopic (exact) mass is 422 g/mol. The molecular weight excluding hydrogens is 393 g/mol. The minimum absolute atomic E-state index is 0.0795. The number of aliphatic hydroxyl groups excluding tert-OH is 1. The lowest BCUT2D eigenvalue weighted by Crippen LogP contribution is -2.54. The van der Waals surface area contributed by atoms with Crippen molar-refractivity contribution in [1.82, 2.24) is 9.80 Å². The molecule has 1 aliphatic carbocycles. The van der Waals surface area contributed by atoms with E-state index < -0.39 is 12.1 Å². The Morgan fingerprint density at radius 2 is 1.82 bits per heavy atom. The van der Waals surface area contributed by atoms with Crippen LogP contribution in [0.1, 0.15) is 37.0 Å². The maximum atomic E-state index is 10.6. The molecule has 0 amide bonds. The second-order valence-corrected chi connectivity index (χ2v) is 8.31. The molecule has 2 fully saturated rings. The number of piperazine rings is 1. The van der Waals surface area contributed by atoms with Gasteiger partial charge in [-0.15, -0.1) is 11.3 Å². The molecule has 5 nitrogen and oxygen atoms in total. The Morgan fingerprint density at radius 3 is 2.36 bits per heavy atom. The Kier molecular flexibility index (Phi) is 9.20. The molecule has 28 heavy (non-hydrogen) atoms. The summed E-state index contributed by atoms with van der Waals surface area (Å²) in [6.07, 6.45) is 2.03. The van der Waals surface area contributed by atoms with E-state index in [2.05, 4.69) is 27.3 Å². The number of rotatable bonds is 5. The van der Waals surface area contributed by atoms with Gasteiger partial charge in [0, 0.05) is 37.1 Å². The van der Waals surface area contributed by atoms with Crippen LogP contribution in [0.3, 0.4) is 0 Å². The van der Waals surface area contributed by atoms with E-state index in [9.17, 15) is 18.3 Å². The van der Waals surface area contributed by atoms with E-state index in [1.54, 1.807) is 0 Å². The molecule has 2 N–H and O–H groups in total. The van der Waals surface area contributed by atoms with Crippen molar-refractivity contribution in [3.05, 3.63) is 22.4 Å². The first-order valence-corrected chi connectivity index (χ1v) is 10.6. The summed E-state index contributed by atoms with van der Waals surface area (Å²) >= 11 is 1.87. The number of hydrogen-bond acceptors (Lipinski definition) is 5. The Morgan fingerprint density at radius 1 is 1.18 bits per heavy atom. The number of aliphatic carboxylic acids is 1. The SMILES string of the molecule is O=C(O)C(F)(F)F.O[C@H]1CCCC[C@@H]1N1CCN(CCCc2cccs2)CC1. The molecule has 1 aromatic rings. The van der Waals surface area contributed by atoms with E-state index in [4.69, 9.17) is 9.90 Å². The van der Waals surface area contributed by atoms with Crippen molar-refractivity contribution >= 4 is 17.3 Å². The van der Waals surface area contributed by atoms with Crippen molar-refractivity contribution in [1.29, 1.82) is 0 Å². The molecule has 0 unspecified atom stereocenters. The lowest BCUT2D eigenvalue weighted by Gasteiger charge is -2.42. The smallest absolute Gasteiger partial charge is 0.475 e. The van der Waals surface area contributed by atoms with Crippen molar-refractivity contribution in [2.45, 2.75) is 56.8 Å². The zero-order valence-corrected chi connectivity index (χ0v) is 16.7. The van der Waals surface area contributed by atoms with Crippen molar-refractivity contribution in [3.8, 4) is 0 Å². The second kappa shape index (κ2) is 11.1. The standard InChI is InChI=1S/C17H28N2OS.C2HF3O2/c20-17-8-2-1-7-16(17)19-12-10-18(11-13-19)9-3-5-15-6-4-14-21-15;3-2(4,5)1(6)7/h4,6,14,16-17,20H,1-3,5,7-13H2;(H,6,7)/t16-,17-;/m0./s1. The highest BCUT2D eigenvalue weighted by Gasteiger charge is 2.38. The topological polar surface area (TPSA) is 64.0 Å². The maximum Gasteiger partial charge on any atom is 0.490 e. The van der Waals surface area contributed by atoms with Crippen molar-refractivity contribution in [2.75, 3.05) is 32.7 Å². The predicted octanol–water partition coefficient (Wildman–Crippen LogP) is 3.24. The molecule has 0 spiro atoms.